The van der Waals surface area contributed by atoms with Crippen LogP contribution in [-0.4, -0.2) is 24.2 Å². The maximum Gasteiger partial charge on any atom is 0.230 e. The van der Waals surface area contributed by atoms with Crippen LogP contribution in [0.25, 0.3) is 0 Å². The first-order chi connectivity index (χ1) is 9.73. The topological polar surface area (TPSA) is 49.3 Å². The second-order valence-corrected chi connectivity index (χ2v) is 7.00. The summed E-state index contributed by atoms with van der Waals surface area (Å²) in [5.74, 6) is 0.0257. The molecule has 0 aliphatic heterocycles. The zero-order valence-electron chi connectivity index (χ0n) is 14.0. The Morgan fingerprint density at radius 3 is 2.19 bits per heavy atom. The van der Waals surface area contributed by atoms with E-state index in [0.29, 0.717) is 13.0 Å². The minimum atomic E-state index is -0.554. The number of carbonyl (C=O) groups excluding carboxylic acids is 1. The quantitative estimate of drug-likeness (QED) is 0.811. The summed E-state index contributed by atoms with van der Waals surface area (Å²) in [5.41, 5.74) is 1.66. The molecular weight excluding hydrogens is 262 g/mol. The third-order valence-corrected chi connectivity index (χ3v) is 4.17. The Morgan fingerprint density at radius 1 is 1.14 bits per heavy atom. The fourth-order valence-electron chi connectivity index (χ4n) is 2.22. The Hall–Kier alpha value is -1.35. The number of rotatable bonds is 7. The van der Waals surface area contributed by atoms with Gasteiger partial charge in [-0.3, -0.25) is 4.79 Å². The van der Waals surface area contributed by atoms with Gasteiger partial charge in [-0.25, -0.2) is 0 Å². The fourth-order valence-corrected chi connectivity index (χ4v) is 2.22. The number of aliphatic hydroxyl groups excluding tert-OH is 1. The van der Waals surface area contributed by atoms with Crippen molar-refractivity contribution in [1.29, 1.82) is 0 Å². The van der Waals surface area contributed by atoms with Crippen molar-refractivity contribution in [3.05, 3.63) is 35.4 Å². The summed E-state index contributed by atoms with van der Waals surface area (Å²) in [6, 6.07) is 8.24. The summed E-state index contributed by atoms with van der Waals surface area (Å²) in [6.45, 7) is 10.8. The molecule has 21 heavy (non-hydrogen) atoms. The van der Waals surface area contributed by atoms with Crippen molar-refractivity contribution in [2.45, 2.75) is 52.9 Å². The third-order valence-electron chi connectivity index (χ3n) is 4.17. The van der Waals surface area contributed by atoms with E-state index in [4.69, 9.17) is 5.11 Å². The molecule has 0 heterocycles. The molecule has 0 spiro atoms. The Bertz CT molecular complexity index is 461. The van der Waals surface area contributed by atoms with Crippen LogP contribution in [0, 0.1) is 5.41 Å². The summed E-state index contributed by atoms with van der Waals surface area (Å²) in [5, 5.41) is 12.1. The molecule has 0 bridgehead atoms. The highest BCUT2D eigenvalue weighted by Crippen LogP contribution is 2.25. The van der Waals surface area contributed by atoms with Gasteiger partial charge < -0.3 is 10.4 Å². The lowest BCUT2D eigenvalue weighted by Crippen LogP contribution is -2.44. The third kappa shape index (κ3) is 4.85. The fraction of sp³-hybridized carbons (Fsp3) is 0.611. The van der Waals surface area contributed by atoms with E-state index in [0.717, 1.165) is 12.0 Å². The molecule has 0 radical (unpaired) electrons. The largest absolute Gasteiger partial charge is 0.396 e. The number of amides is 1. The van der Waals surface area contributed by atoms with Crippen molar-refractivity contribution in [1.82, 2.24) is 5.32 Å². The summed E-state index contributed by atoms with van der Waals surface area (Å²) in [4.78, 5) is 12.5. The molecule has 1 aromatic carbocycles. The van der Waals surface area contributed by atoms with Crippen molar-refractivity contribution >= 4 is 5.91 Å². The Morgan fingerprint density at radius 2 is 1.71 bits per heavy atom. The average molecular weight is 291 g/mol. The first-order valence-electron chi connectivity index (χ1n) is 7.71. The van der Waals surface area contributed by atoms with Gasteiger partial charge in [0.1, 0.15) is 0 Å². The maximum absolute atomic E-state index is 12.5. The van der Waals surface area contributed by atoms with Crippen molar-refractivity contribution in [3.8, 4) is 0 Å². The van der Waals surface area contributed by atoms with Gasteiger partial charge >= 0.3 is 0 Å². The molecule has 0 fully saturated rings. The summed E-state index contributed by atoms with van der Waals surface area (Å²) in [7, 11) is 0. The molecule has 0 unspecified atom stereocenters. The standard InChI is InChI=1S/C18H29NO2/c1-6-14-7-9-15(10-8-14)18(4,5)16(21)19-13-17(2,3)11-12-20/h7-10,20H,6,11-13H2,1-5H3,(H,19,21). The lowest BCUT2D eigenvalue weighted by Gasteiger charge is -2.29. The first kappa shape index (κ1) is 17.7. The molecule has 0 saturated carbocycles. The van der Waals surface area contributed by atoms with E-state index in [1.807, 2.05) is 39.8 Å². The van der Waals surface area contributed by atoms with E-state index < -0.39 is 5.41 Å². The number of benzene rings is 1. The van der Waals surface area contributed by atoms with Gasteiger partial charge in [0.25, 0.3) is 0 Å². The first-order valence-corrected chi connectivity index (χ1v) is 7.71. The Labute approximate surface area is 128 Å². The molecule has 0 atom stereocenters. The number of aryl methyl sites for hydroxylation is 1. The predicted molar refractivity (Wildman–Crippen MR) is 87.3 cm³/mol. The maximum atomic E-state index is 12.5. The van der Waals surface area contributed by atoms with E-state index >= 15 is 0 Å². The molecule has 1 rings (SSSR count). The molecular formula is C18H29NO2. The molecule has 1 amide bonds. The van der Waals surface area contributed by atoms with E-state index in [-0.39, 0.29) is 17.9 Å². The minimum Gasteiger partial charge on any atom is -0.396 e. The Balaban J connectivity index is 2.74. The van der Waals surface area contributed by atoms with Crippen LogP contribution < -0.4 is 5.32 Å². The number of hydrogen-bond acceptors (Lipinski definition) is 2. The van der Waals surface area contributed by atoms with Gasteiger partial charge in [0.15, 0.2) is 0 Å². The molecule has 118 valence electrons. The van der Waals surface area contributed by atoms with E-state index in [9.17, 15) is 4.79 Å². The lowest BCUT2D eigenvalue weighted by molar-refractivity contribution is -0.126. The number of carbonyl (C=O) groups is 1. The normalized spacial score (nSPS) is 12.3. The van der Waals surface area contributed by atoms with Crippen LogP contribution in [0.1, 0.15) is 52.2 Å². The van der Waals surface area contributed by atoms with Gasteiger partial charge in [-0.05, 0) is 43.2 Å². The molecule has 0 saturated heterocycles. The highest BCUT2D eigenvalue weighted by Gasteiger charge is 2.30. The van der Waals surface area contributed by atoms with E-state index in [1.54, 1.807) is 0 Å². The van der Waals surface area contributed by atoms with Crippen LogP contribution in [0.5, 0.6) is 0 Å². The van der Waals surface area contributed by atoms with Crippen LogP contribution in [0.3, 0.4) is 0 Å². The Kier molecular flexibility index (Phi) is 5.97. The lowest BCUT2D eigenvalue weighted by atomic mass is 9.82. The highest BCUT2D eigenvalue weighted by atomic mass is 16.3. The average Bonchev–Trinajstić information content (AvgIpc) is 2.44. The van der Waals surface area contributed by atoms with Crippen molar-refractivity contribution < 1.29 is 9.90 Å². The van der Waals surface area contributed by atoms with Gasteiger partial charge in [-0.1, -0.05) is 45.0 Å². The molecule has 3 heteroatoms. The van der Waals surface area contributed by atoms with Crippen molar-refractivity contribution in [2.24, 2.45) is 5.41 Å². The second-order valence-electron chi connectivity index (χ2n) is 7.00. The summed E-state index contributed by atoms with van der Waals surface area (Å²) < 4.78 is 0. The second kappa shape index (κ2) is 7.08. The SMILES string of the molecule is CCc1ccc(C(C)(C)C(=O)NCC(C)(C)CCO)cc1. The van der Waals surface area contributed by atoms with E-state index in [1.165, 1.54) is 5.56 Å². The minimum absolute atomic E-state index is 0.0257. The van der Waals surface area contributed by atoms with Crippen molar-refractivity contribution in [3.63, 3.8) is 0 Å². The number of aliphatic hydroxyl groups is 1. The molecule has 2 N–H and O–H groups in total. The van der Waals surface area contributed by atoms with Crippen LogP contribution in [0.2, 0.25) is 0 Å². The molecule has 0 aliphatic rings. The van der Waals surface area contributed by atoms with Crippen LogP contribution in [0.15, 0.2) is 24.3 Å². The summed E-state index contributed by atoms with van der Waals surface area (Å²) in [6.07, 6.45) is 1.68. The van der Waals surface area contributed by atoms with Gasteiger partial charge in [0.05, 0.1) is 5.41 Å². The zero-order valence-corrected chi connectivity index (χ0v) is 14.0. The van der Waals surface area contributed by atoms with Gasteiger partial charge in [-0.2, -0.15) is 0 Å². The van der Waals surface area contributed by atoms with E-state index in [2.05, 4.69) is 24.4 Å². The van der Waals surface area contributed by atoms with Crippen LogP contribution in [-0.2, 0) is 16.6 Å². The smallest absolute Gasteiger partial charge is 0.230 e. The number of nitrogens with one attached hydrogen (secondary N) is 1. The molecule has 3 nitrogen and oxygen atoms in total. The van der Waals surface area contributed by atoms with Gasteiger partial charge in [-0.15, -0.1) is 0 Å². The monoisotopic (exact) mass is 291 g/mol. The van der Waals surface area contributed by atoms with Gasteiger partial charge in [0.2, 0.25) is 5.91 Å². The highest BCUT2D eigenvalue weighted by molar-refractivity contribution is 5.87. The molecule has 0 aliphatic carbocycles. The molecule has 1 aromatic rings. The number of hydrogen-bond donors (Lipinski definition) is 2. The van der Waals surface area contributed by atoms with Crippen molar-refractivity contribution in [2.75, 3.05) is 13.2 Å². The predicted octanol–water partition coefficient (Wildman–Crippen LogP) is 3.05. The van der Waals surface area contributed by atoms with Gasteiger partial charge in [0, 0.05) is 13.2 Å². The molecule has 0 aromatic heterocycles. The zero-order chi connectivity index (χ0) is 16.1. The summed E-state index contributed by atoms with van der Waals surface area (Å²) >= 11 is 0. The van der Waals surface area contributed by atoms with Crippen LogP contribution >= 0.6 is 0 Å². The van der Waals surface area contributed by atoms with Crippen LogP contribution in [0.4, 0.5) is 0 Å².